The van der Waals surface area contributed by atoms with Crippen LogP contribution in [0.5, 0.6) is 0 Å². The molecule has 5 rings (SSSR count). The fourth-order valence-corrected chi connectivity index (χ4v) is 4.77. The first-order valence-electron chi connectivity index (χ1n) is 10.5. The van der Waals surface area contributed by atoms with Gasteiger partial charge in [-0.05, 0) is 55.8 Å². The van der Waals surface area contributed by atoms with E-state index in [1.54, 1.807) is 17.5 Å². The lowest BCUT2D eigenvalue weighted by atomic mass is 10.1. The van der Waals surface area contributed by atoms with Crippen molar-refractivity contribution in [2.24, 2.45) is 0 Å². The number of fused-ring (bicyclic) bond motifs is 1. The maximum atomic E-state index is 12.5. The molecule has 0 saturated carbocycles. The standard InChI is InChI=1S/C21H25N7OS/c29-21(28-9-2-1-3-10-28)26-17-12-14(4-8-23-17)19-25-16-6-11-30-18(16)20(27-19)24-15-5-7-22-13-15/h4,6,8,11-12,15,22H,1-3,5,7,9-10,13H2,(H,23,26,29)(H,24,25,27)/t15-/m1/s1. The Balaban J connectivity index is 1.40. The Hall–Kier alpha value is -2.78. The second-order valence-electron chi connectivity index (χ2n) is 7.77. The van der Waals surface area contributed by atoms with Crippen LogP contribution in [0, 0.1) is 0 Å². The number of nitrogens with zero attached hydrogens (tertiary/aromatic N) is 4. The summed E-state index contributed by atoms with van der Waals surface area (Å²) in [6.07, 6.45) is 6.07. The lowest BCUT2D eigenvalue weighted by molar-refractivity contribution is 0.200. The zero-order valence-electron chi connectivity index (χ0n) is 16.7. The van der Waals surface area contributed by atoms with Crippen LogP contribution in [0.1, 0.15) is 25.7 Å². The number of likely N-dealkylation sites (tertiary alicyclic amines) is 1. The van der Waals surface area contributed by atoms with Gasteiger partial charge in [-0.25, -0.2) is 19.7 Å². The summed E-state index contributed by atoms with van der Waals surface area (Å²) in [6, 6.07) is 6.02. The number of amides is 2. The van der Waals surface area contributed by atoms with Crippen molar-refractivity contribution in [3.8, 4) is 11.4 Å². The van der Waals surface area contributed by atoms with Crippen molar-refractivity contribution in [3.05, 3.63) is 29.8 Å². The van der Waals surface area contributed by atoms with Crippen molar-refractivity contribution in [1.82, 2.24) is 25.2 Å². The maximum absolute atomic E-state index is 12.5. The number of anilines is 2. The Labute approximate surface area is 179 Å². The van der Waals surface area contributed by atoms with E-state index in [-0.39, 0.29) is 6.03 Å². The fourth-order valence-electron chi connectivity index (χ4n) is 3.99. The summed E-state index contributed by atoms with van der Waals surface area (Å²) in [5.74, 6) is 2.02. The minimum Gasteiger partial charge on any atom is -0.365 e. The molecule has 156 valence electrons. The fraction of sp³-hybridized carbons (Fsp3) is 0.429. The number of carbonyl (C=O) groups is 1. The molecule has 0 radical (unpaired) electrons. The zero-order valence-corrected chi connectivity index (χ0v) is 17.5. The summed E-state index contributed by atoms with van der Waals surface area (Å²) in [6.45, 7) is 3.56. The normalized spacial score (nSPS) is 19.2. The molecule has 30 heavy (non-hydrogen) atoms. The molecule has 2 aliphatic heterocycles. The SMILES string of the molecule is O=C(Nc1cc(-c2nc(N[C@@H]3CCNC3)c3sccc3n2)ccn1)N1CCCCC1. The van der Waals surface area contributed by atoms with E-state index in [9.17, 15) is 4.79 Å². The average molecular weight is 424 g/mol. The minimum absolute atomic E-state index is 0.0929. The van der Waals surface area contributed by atoms with Crippen molar-refractivity contribution in [2.45, 2.75) is 31.7 Å². The van der Waals surface area contributed by atoms with Crippen molar-refractivity contribution >= 4 is 39.2 Å². The number of thiophene rings is 1. The highest BCUT2D eigenvalue weighted by Crippen LogP contribution is 2.30. The molecule has 2 amide bonds. The molecule has 3 aromatic rings. The highest BCUT2D eigenvalue weighted by molar-refractivity contribution is 7.17. The van der Waals surface area contributed by atoms with E-state index in [0.29, 0.717) is 17.7 Å². The van der Waals surface area contributed by atoms with E-state index in [1.165, 1.54) is 6.42 Å². The Morgan fingerprint density at radius 3 is 2.93 bits per heavy atom. The molecule has 3 N–H and O–H groups in total. The van der Waals surface area contributed by atoms with Gasteiger partial charge in [-0.3, -0.25) is 5.32 Å². The topological polar surface area (TPSA) is 95.1 Å². The van der Waals surface area contributed by atoms with Crippen LogP contribution in [0.4, 0.5) is 16.4 Å². The molecular formula is C21H25N7OS. The number of hydrogen-bond acceptors (Lipinski definition) is 7. The van der Waals surface area contributed by atoms with Gasteiger partial charge < -0.3 is 15.5 Å². The Morgan fingerprint density at radius 1 is 1.20 bits per heavy atom. The third kappa shape index (κ3) is 4.08. The summed E-state index contributed by atoms with van der Waals surface area (Å²) >= 11 is 1.65. The van der Waals surface area contributed by atoms with Crippen LogP contribution < -0.4 is 16.0 Å². The highest BCUT2D eigenvalue weighted by atomic mass is 32.1. The first-order valence-corrected chi connectivity index (χ1v) is 11.4. The van der Waals surface area contributed by atoms with Gasteiger partial charge in [0.15, 0.2) is 5.82 Å². The molecule has 3 aromatic heterocycles. The largest absolute Gasteiger partial charge is 0.365 e. The second kappa shape index (κ2) is 8.53. The van der Waals surface area contributed by atoms with Crippen molar-refractivity contribution in [1.29, 1.82) is 0 Å². The van der Waals surface area contributed by atoms with Gasteiger partial charge in [-0.1, -0.05) is 0 Å². The van der Waals surface area contributed by atoms with Crippen LogP contribution in [0.25, 0.3) is 21.6 Å². The van der Waals surface area contributed by atoms with E-state index >= 15 is 0 Å². The van der Waals surface area contributed by atoms with Crippen LogP contribution in [0.2, 0.25) is 0 Å². The Morgan fingerprint density at radius 2 is 2.10 bits per heavy atom. The van der Waals surface area contributed by atoms with Crippen LogP contribution in [-0.2, 0) is 0 Å². The molecule has 9 heteroatoms. The lowest BCUT2D eigenvalue weighted by Gasteiger charge is -2.26. The van der Waals surface area contributed by atoms with Crippen LogP contribution in [0.3, 0.4) is 0 Å². The summed E-state index contributed by atoms with van der Waals surface area (Å²) in [7, 11) is 0. The molecule has 0 aromatic carbocycles. The van der Waals surface area contributed by atoms with Crippen LogP contribution in [0.15, 0.2) is 29.8 Å². The predicted molar refractivity (Wildman–Crippen MR) is 120 cm³/mol. The summed E-state index contributed by atoms with van der Waals surface area (Å²) < 4.78 is 1.07. The number of urea groups is 1. The zero-order chi connectivity index (χ0) is 20.3. The molecule has 0 aliphatic carbocycles. The van der Waals surface area contributed by atoms with E-state index in [4.69, 9.17) is 9.97 Å². The number of hydrogen-bond donors (Lipinski definition) is 3. The van der Waals surface area contributed by atoms with Gasteiger partial charge >= 0.3 is 6.03 Å². The molecule has 0 unspecified atom stereocenters. The number of piperidine rings is 1. The van der Waals surface area contributed by atoms with E-state index < -0.39 is 0 Å². The first kappa shape index (κ1) is 19.2. The van der Waals surface area contributed by atoms with Crippen molar-refractivity contribution in [2.75, 3.05) is 36.8 Å². The summed E-state index contributed by atoms with van der Waals surface area (Å²) in [5, 5.41) is 11.9. The van der Waals surface area contributed by atoms with Gasteiger partial charge in [-0.15, -0.1) is 11.3 Å². The number of aromatic nitrogens is 3. The minimum atomic E-state index is -0.0929. The molecule has 2 aliphatic rings. The van der Waals surface area contributed by atoms with Gasteiger partial charge in [-0.2, -0.15) is 0 Å². The summed E-state index contributed by atoms with van der Waals surface area (Å²) in [4.78, 5) is 28.3. The molecule has 5 heterocycles. The van der Waals surface area contributed by atoms with Crippen LogP contribution >= 0.6 is 11.3 Å². The molecule has 0 spiro atoms. The van der Waals surface area contributed by atoms with Crippen LogP contribution in [-0.4, -0.2) is 58.1 Å². The molecule has 0 bridgehead atoms. The number of rotatable bonds is 4. The van der Waals surface area contributed by atoms with Crippen molar-refractivity contribution in [3.63, 3.8) is 0 Å². The third-order valence-corrected chi connectivity index (χ3v) is 6.51. The molecule has 2 saturated heterocycles. The maximum Gasteiger partial charge on any atom is 0.323 e. The Kier molecular flexibility index (Phi) is 5.46. The van der Waals surface area contributed by atoms with E-state index in [2.05, 4.69) is 20.9 Å². The van der Waals surface area contributed by atoms with E-state index in [1.807, 2.05) is 28.5 Å². The van der Waals surface area contributed by atoms with Gasteiger partial charge in [0.05, 0.1) is 10.2 Å². The van der Waals surface area contributed by atoms with Gasteiger partial charge in [0.25, 0.3) is 0 Å². The first-order chi connectivity index (χ1) is 14.8. The van der Waals surface area contributed by atoms with Gasteiger partial charge in [0.2, 0.25) is 0 Å². The molecular weight excluding hydrogens is 398 g/mol. The van der Waals surface area contributed by atoms with Crippen molar-refractivity contribution < 1.29 is 4.79 Å². The monoisotopic (exact) mass is 423 g/mol. The molecule has 2 fully saturated rings. The summed E-state index contributed by atoms with van der Waals surface area (Å²) in [5.41, 5.74) is 1.76. The van der Waals surface area contributed by atoms with Gasteiger partial charge in [0, 0.05) is 37.4 Å². The van der Waals surface area contributed by atoms with Gasteiger partial charge in [0.1, 0.15) is 11.6 Å². The average Bonchev–Trinajstić information content (AvgIpc) is 3.46. The number of nitrogens with one attached hydrogen (secondary N) is 3. The highest BCUT2D eigenvalue weighted by Gasteiger charge is 2.19. The predicted octanol–water partition coefficient (Wildman–Crippen LogP) is 3.54. The molecule has 1 atom stereocenters. The molecule has 8 nitrogen and oxygen atoms in total. The van der Waals surface area contributed by atoms with E-state index in [0.717, 1.165) is 67.0 Å². The second-order valence-corrected chi connectivity index (χ2v) is 8.69. The number of pyridine rings is 1. The smallest absolute Gasteiger partial charge is 0.323 e. The Bertz CT molecular complexity index is 1040. The lowest BCUT2D eigenvalue weighted by Crippen LogP contribution is -2.38. The number of carbonyl (C=O) groups excluding carboxylic acids is 1. The third-order valence-electron chi connectivity index (χ3n) is 5.60. The quantitative estimate of drug-likeness (QED) is 0.594.